The molecule has 0 spiro atoms. The van der Waals surface area contributed by atoms with Crippen LogP contribution in [0.4, 0.5) is 0 Å². The van der Waals surface area contributed by atoms with Gasteiger partial charge in [-0.1, -0.05) is 27.4 Å². The van der Waals surface area contributed by atoms with Gasteiger partial charge in [-0.2, -0.15) is 0 Å². The molecule has 0 aromatic carbocycles. The third-order valence-corrected chi connectivity index (χ3v) is 7.79. The molecule has 0 aromatic heterocycles. The van der Waals surface area contributed by atoms with E-state index in [4.69, 9.17) is 4.43 Å². The van der Waals surface area contributed by atoms with Gasteiger partial charge in [0.15, 0.2) is 8.32 Å². The van der Waals surface area contributed by atoms with Gasteiger partial charge in [0.2, 0.25) is 0 Å². The largest absolute Gasteiger partial charge is 0.468 e. The second kappa shape index (κ2) is 7.06. The van der Waals surface area contributed by atoms with Gasteiger partial charge in [0.1, 0.15) is 0 Å². The summed E-state index contributed by atoms with van der Waals surface area (Å²) in [7, 11) is -0.341. The molecule has 5 heteroatoms. The van der Waals surface area contributed by atoms with Gasteiger partial charge >= 0.3 is 5.97 Å². The molecule has 0 bridgehead atoms. The highest BCUT2D eigenvalue weighted by Gasteiger charge is 2.36. The monoisotopic (exact) mass is 273 g/mol. The molecule has 0 saturated carbocycles. The maximum atomic E-state index is 10.9. The van der Waals surface area contributed by atoms with Crippen molar-refractivity contribution in [1.82, 2.24) is 5.32 Å². The second-order valence-electron chi connectivity index (χ2n) is 5.98. The summed E-state index contributed by atoms with van der Waals surface area (Å²) >= 11 is 0. The maximum Gasteiger partial charge on any atom is 0.319 e. The van der Waals surface area contributed by atoms with Crippen LogP contribution < -0.4 is 5.32 Å². The molecule has 0 radical (unpaired) electrons. The zero-order valence-corrected chi connectivity index (χ0v) is 13.6. The summed E-state index contributed by atoms with van der Waals surface area (Å²) < 4.78 is 10.6. The van der Waals surface area contributed by atoms with Crippen LogP contribution in [0.1, 0.15) is 20.8 Å². The second-order valence-corrected chi connectivity index (χ2v) is 10.8. The zero-order valence-electron chi connectivity index (χ0n) is 12.6. The molecule has 0 unspecified atom stereocenters. The molecule has 1 N–H and O–H groups in total. The van der Waals surface area contributed by atoms with Gasteiger partial charge in [-0.3, -0.25) is 4.79 Å². The molecular weight excluding hydrogens is 246 g/mol. The van der Waals surface area contributed by atoms with E-state index in [2.05, 4.69) is 50.5 Å². The number of carbonyl (C=O) groups is 1. The van der Waals surface area contributed by atoms with E-state index in [0.717, 1.165) is 5.57 Å². The Bertz CT molecular complexity index is 295. The summed E-state index contributed by atoms with van der Waals surface area (Å²) in [5.41, 5.74) is 0.948. The first-order chi connectivity index (χ1) is 8.10. The molecule has 18 heavy (non-hydrogen) atoms. The predicted molar refractivity (Wildman–Crippen MR) is 77.2 cm³/mol. The normalized spacial score (nSPS) is 12.3. The van der Waals surface area contributed by atoms with Gasteiger partial charge < -0.3 is 14.5 Å². The highest BCUT2D eigenvalue weighted by molar-refractivity contribution is 6.74. The van der Waals surface area contributed by atoms with Gasteiger partial charge in [0.25, 0.3) is 0 Å². The van der Waals surface area contributed by atoms with E-state index in [-0.39, 0.29) is 17.6 Å². The molecule has 0 rings (SSSR count). The van der Waals surface area contributed by atoms with Crippen LogP contribution in [0.3, 0.4) is 0 Å². The molecule has 0 heterocycles. The van der Waals surface area contributed by atoms with Crippen LogP contribution in [0.25, 0.3) is 0 Å². The molecule has 0 aliphatic heterocycles. The highest BCUT2D eigenvalue weighted by atomic mass is 28.4. The predicted octanol–water partition coefficient (Wildman–Crippen LogP) is 2.33. The van der Waals surface area contributed by atoms with Gasteiger partial charge in [-0.25, -0.2) is 0 Å². The Balaban J connectivity index is 3.94. The average molecular weight is 273 g/mol. The maximum absolute atomic E-state index is 10.9. The minimum Gasteiger partial charge on any atom is -0.468 e. The van der Waals surface area contributed by atoms with Gasteiger partial charge in [-0.05, 0) is 23.7 Å². The Morgan fingerprint density at radius 3 is 2.28 bits per heavy atom. The van der Waals surface area contributed by atoms with E-state index in [0.29, 0.717) is 13.2 Å². The van der Waals surface area contributed by atoms with Gasteiger partial charge in [0, 0.05) is 6.54 Å². The lowest BCUT2D eigenvalue weighted by atomic mass is 10.2. The van der Waals surface area contributed by atoms with Crippen molar-refractivity contribution in [2.45, 2.75) is 38.9 Å². The first kappa shape index (κ1) is 17.3. The number of nitrogens with one attached hydrogen (secondary N) is 1. The smallest absolute Gasteiger partial charge is 0.319 e. The van der Waals surface area contributed by atoms with Crippen molar-refractivity contribution in [2.75, 3.05) is 26.8 Å². The number of hydrogen-bond acceptors (Lipinski definition) is 4. The lowest BCUT2D eigenvalue weighted by molar-refractivity contribution is -0.139. The zero-order chi connectivity index (χ0) is 14.4. The van der Waals surface area contributed by atoms with Crippen molar-refractivity contribution >= 4 is 14.3 Å². The summed E-state index contributed by atoms with van der Waals surface area (Å²) in [6, 6.07) is 0. The summed E-state index contributed by atoms with van der Waals surface area (Å²) in [5.74, 6) is -0.270. The number of esters is 1. The Labute approximate surface area is 112 Å². The lowest BCUT2D eigenvalue weighted by Gasteiger charge is -2.36. The van der Waals surface area contributed by atoms with Crippen LogP contribution in [-0.4, -0.2) is 41.1 Å². The Kier molecular flexibility index (Phi) is 6.81. The fraction of sp³-hybridized carbons (Fsp3) is 0.769. The van der Waals surface area contributed by atoms with E-state index < -0.39 is 8.32 Å². The quantitative estimate of drug-likeness (QED) is 0.439. The van der Waals surface area contributed by atoms with Crippen LogP contribution in [0, 0.1) is 0 Å². The molecule has 4 nitrogen and oxygen atoms in total. The van der Waals surface area contributed by atoms with E-state index in [9.17, 15) is 4.79 Å². The van der Waals surface area contributed by atoms with Crippen molar-refractivity contribution in [3.8, 4) is 0 Å². The fourth-order valence-electron chi connectivity index (χ4n) is 0.964. The molecule has 106 valence electrons. The van der Waals surface area contributed by atoms with Crippen molar-refractivity contribution in [1.29, 1.82) is 0 Å². The first-order valence-electron chi connectivity index (χ1n) is 6.18. The molecule has 0 saturated heterocycles. The molecule has 0 amide bonds. The SMILES string of the molecule is C=C(CNCC(=O)OC)CO[Si](C)(C)C(C)(C)C. The minimum atomic E-state index is -1.72. The Morgan fingerprint density at radius 2 is 1.83 bits per heavy atom. The summed E-state index contributed by atoms with van der Waals surface area (Å²) in [6.45, 7) is 16.3. The number of rotatable bonds is 7. The van der Waals surface area contributed by atoms with E-state index >= 15 is 0 Å². The summed E-state index contributed by atoms with van der Waals surface area (Å²) in [6.07, 6.45) is 0. The summed E-state index contributed by atoms with van der Waals surface area (Å²) in [4.78, 5) is 10.9. The Hall–Kier alpha value is -0.653. The molecule has 0 aliphatic rings. The van der Waals surface area contributed by atoms with E-state index in [1.54, 1.807) is 0 Å². The average Bonchev–Trinajstić information content (AvgIpc) is 2.24. The number of carbonyl (C=O) groups excluding carboxylic acids is 1. The van der Waals surface area contributed by atoms with Crippen LogP contribution in [0.5, 0.6) is 0 Å². The molecule has 0 fully saturated rings. The topological polar surface area (TPSA) is 47.6 Å². The number of hydrogen-bond donors (Lipinski definition) is 1. The molecule has 0 atom stereocenters. The van der Waals surface area contributed by atoms with Gasteiger partial charge in [-0.15, -0.1) is 0 Å². The third kappa shape index (κ3) is 6.33. The van der Waals surface area contributed by atoms with Crippen molar-refractivity contribution in [2.24, 2.45) is 0 Å². The minimum absolute atomic E-state index is 0.201. The number of ether oxygens (including phenoxy) is 1. The van der Waals surface area contributed by atoms with Crippen molar-refractivity contribution in [3.63, 3.8) is 0 Å². The van der Waals surface area contributed by atoms with Crippen LogP contribution in [-0.2, 0) is 14.0 Å². The van der Waals surface area contributed by atoms with E-state index in [1.807, 2.05) is 0 Å². The standard InChI is InChI=1S/C13H27NO3Si/c1-11(8-14-9-12(15)16-5)10-17-18(6,7)13(2,3)4/h14H,1,8-10H2,2-7H3. The summed E-state index contributed by atoms with van der Waals surface area (Å²) in [5, 5.41) is 3.17. The fourth-order valence-corrected chi connectivity index (χ4v) is 1.96. The molecule has 0 aliphatic carbocycles. The van der Waals surface area contributed by atoms with Crippen LogP contribution >= 0.6 is 0 Å². The Morgan fingerprint density at radius 1 is 1.28 bits per heavy atom. The molecular formula is C13H27NO3Si. The van der Waals surface area contributed by atoms with E-state index in [1.165, 1.54) is 7.11 Å². The lowest BCUT2D eigenvalue weighted by Crippen LogP contribution is -2.41. The highest BCUT2D eigenvalue weighted by Crippen LogP contribution is 2.36. The van der Waals surface area contributed by atoms with Gasteiger partial charge in [0.05, 0.1) is 20.3 Å². The van der Waals surface area contributed by atoms with Crippen LogP contribution in [0.15, 0.2) is 12.2 Å². The molecule has 0 aromatic rings. The van der Waals surface area contributed by atoms with Crippen molar-refractivity contribution < 1.29 is 14.0 Å². The van der Waals surface area contributed by atoms with Crippen LogP contribution in [0.2, 0.25) is 18.1 Å². The van der Waals surface area contributed by atoms with Crippen molar-refractivity contribution in [3.05, 3.63) is 12.2 Å². The third-order valence-electron chi connectivity index (χ3n) is 3.32. The first-order valence-corrected chi connectivity index (χ1v) is 9.09. The number of methoxy groups -OCH3 is 1.